The molecule has 0 aliphatic heterocycles. The highest BCUT2D eigenvalue weighted by atomic mass is 19.4. The van der Waals surface area contributed by atoms with Crippen molar-refractivity contribution in [3.05, 3.63) is 181 Å². The van der Waals surface area contributed by atoms with Crippen molar-refractivity contribution in [2.75, 3.05) is 0 Å². The lowest BCUT2D eigenvalue weighted by Crippen LogP contribution is -2.03. The second-order valence-electron chi connectivity index (χ2n) is 15.3. The molecular weight excluding hydrogens is 740 g/mol. The number of rotatable bonds is 5. The molecule has 0 spiro atoms. The van der Waals surface area contributed by atoms with E-state index in [9.17, 15) is 13.2 Å². The average Bonchev–Trinajstić information content (AvgIpc) is 3.93. The van der Waals surface area contributed by atoms with Crippen LogP contribution in [0.4, 0.5) is 13.2 Å². The van der Waals surface area contributed by atoms with E-state index in [1.807, 2.05) is 66.9 Å². The number of para-hydroxylation sites is 2. The van der Waals surface area contributed by atoms with Gasteiger partial charge in [0.1, 0.15) is 11.6 Å². The minimum absolute atomic E-state index is 0.499. The van der Waals surface area contributed by atoms with Crippen molar-refractivity contribution in [1.29, 1.82) is 0 Å². The number of aromatic amines is 1. The molecule has 1 N–H and O–H groups in total. The lowest BCUT2D eigenvalue weighted by molar-refractivity contribution is -0.137. The van der Waals surface area contributed by atoms with Gasteiger partial charge in [-0.25, -0.2) is 9.97 Å². The third kappa shape index (κ3) is 5.62. The predicted molar refractivity (Wildman–Crippen MR) is 233 cm³/mol. The monoisotopic (exact) mass is 773 g/mol. The van der Waals surface area contributed by atoms with Gasteiger partial charge in [-0.05, 0) is 115 Å². The Balaban J connectivity index is 1.21. The highest BCUT2D eigenvalue weighted by Crippen LogP contribution is 2.43. The molecule has 0 radical (unpaired) electrons. The van der Waals surface area contributed by atoms with Gasteiger partial charge in [-0.3, -0.25) is 9.13 Å². The zero-order valence-electron chi connectivity index (χ0n) is 32.0. The molecule has 8 heteroatoms. The van der Waals surface area contributed by atoms with Crippen LogP contribution in [0.2, 0.25) is 0 Å². The first kappa shape index (κ1) is 34.8. The molecule has 0 amide bonds. The number of hydrogen-bond acceptors (Lipinski definition) is 2. The molecular formula is C51H34F3N5. The minimum atomic E-state index is -4.48. The number of hydrogen-bond donors (Lipinski definition) is 1. The van der Waals surface area contributed by atoms with Gasteiger partial charge in [0, 0.05) is 50.1 Å². The van der Waals surface area contributed by atoms with Crippen LogP contribution in [0.25, 0.3) is 99.8 Å². The zero-order valence-corrected chi connectivity index (χ0v) is 32.0. The van der Waals surface area contributed by atoms with Gasteiger partial charge >= 0.3 is 6.18 Å². The van der Waals surface area contributed by atoms with Crippen molar-refractivity contribution < 1.29 is 13.2 Å². The van der Waals surface area contributed by atoms with Crippen LogP contribution >= 0.6 is 0 Å². The van der Waals surface area contributed by atoms with Crippen molar-refractivity contribution in [2.45, 2.75) is 20.0 Å². The van der Waals surface area contributed by atoms with Gasteiger partial charge in [0.2, 0.25) is 0 Å². The molecule has 0 unspecified atom stereocenters. The number of aromatic nitrogens is 5. The Morgan fingerprint density at radius 3 is 2.12 bits per heavy atom. The molecule has 0 aliphatic rings. The first-order valence-electron chi connectivity index (χ1n) is 19.5. The summed E-state index contributed by atoms with van der Waals surface area (Å²) in [5.41, 5.74) is 12.2. The fourth-order valence-corrected chi connectivity index (χ4v) is 8.69. The molecule has 5 nitrogen and oxygen atoms in total. The van der Waals surface area contributed by atoms with Gasteiger partial charge in [-0.2, -0.15) is 13.2 Å². The fourth-order valence-electron chi connectivity index (χ4n) is 8.69. The van der Waals surface area contributed by atoms with Crippen LogP contribution in [-0.2, 0) is 6.18 Å². The Kier molecular flexibility index (Phi) is 7.69. The largest absolute Gasteiger partial charge is 0.416 e. The summed E-state index contributed by atoms with van der Waals surface area (Å²) in [6.45, 7) is 4.19. The van der Waals surface area contributed by atoms with E-state index >= 15 is 0 Å². The van der Waals surface area contributed by atoms with E-state index < -0.39 is 11.7 Å². The van der Waals surface area contributed by atoms with Crippen LogP contribution < -0.4 is 0 Å². The Morgan fingerprint density at radius 1 is 0.525 bits per heavy atom. The van der Waals surface area contributed by atoms with Crippen LogP contribution in [0.3, 0.4) is 0 Å². The van der Waals surface area contributed by atoms with E-state index in [0.29, 0.717) is 27.6 Å². The summed E-state index contributed by atoms with van der Waals surface area (Å²) >= 11 is 0. The second kappa shape index (κ2) is 13.0. The van der Waals surface area contributed by atoms with Crippen LogP contribution in [0, 0.1) is 13.8 Å². The van der Waals surface area contributed by atoms with Crippen molar-refractivity contribution in [1.82, 2.24) is 24.1 Å². The number of imidazole rings is 1. The van der Waals surface area contributed by atoms with Gasteiger partial charge < -0.3 is 4.98 Å². The zero-order chi connectivity index (χ0) is 40.0. The standard InChI is InChI=1S/C51H34F3N5/c1-30-16-21-44-40(24-30)38-19-17-33(28-46(38)59(44)47-25-31(2)22-23-55-47)37-14-9-15-45-49(37)57-50(58(45)36-12-7-4-8-13-36)42-27-34(32-10-5-3-6-11-32)26-41-39-29-35(51(52,53)54)18-20-43(39)56-48(41)42/h3-29,56H,1-2H3. The van der Waals surface area contributed by atoms with Crippen molar-refractivity contribution in [2.24, 2.45) is 0 Å². The molecule has 11 aromatic rings. The summed E-state index contributed by atoms with van der Waals surface area (Å²) in [5.74, 6) is 1.52. The lowest BCUT2D eigenvalue weighted by Gasteiger charge is -2.12. The van der Waals surface area contributed by atoms with E-state index in [1.165, 1.54) is 17.7 Å². The molecule has 0 bridgehead atoms. The summed E-state index contributed by atoms with van der Waals surface area (Å²) < 4.78 is 46.7. The maximum atomic E-state index is 14.1. The number of pyridine rings is 1. The second-order valence-corrected chi connectivity index (χ2v) is 15.3. The van der Waals surface area contributed by atoms with Crippen LogP contribution in [0.1, 0.15) is 16.7 Å². The van der Waals surface area contributed by atoms with Gasteiger partial charge in [-0.1, -0.05) is 84.4 Å². The maximum Gasteiger partial charge on any atom is 0.416 e. The molecule has 4 heterocycles. The third-order valence-corrected chi connectivity index (χ3v) is 11.4. The third-order valence-electron chi connectivity index (χ3n) is 11.4. The van der Waals surface area contributed by atoms with Crippen molar-refractivity contribution >= 4 is 54.6 Å². The molecule has 7 aromatic carbocycles. The van der Waals surface area contributed by atoms with E-state index in [0.717, 1.165) is 83.8 Å². The Hall–Kier alpha value is -7.45. The first-order valence-corrected chi connectivity index (χ1v) is 19.5. The molecule has 284 valence electrons. The Labute approximate surface area is 336 Å². The summed E-state index contributed by atoms with van der Waals surface area (Å²) in [4.78, 5) is 13.8. The number of fused-ring (bicyclic) bond motifs is 7. The summed E-state index contributed by atoms with van der Waals surface area (Å²) in [6, 6.07) is 51.5. The number of halogens is 3. The number of benzene rings is 7. The molecule has 4 aromatic heterocycles. The highest BCUT2D eigenvalue weighted by Gasteiger charge is 2.31. The summed E-state index contributed by atoms with van der Waals surface area (Å²) in [7, 11) is 0. The van der Waals surface area contributed by atoms with Gasteiger partial charge in [0.25, 0.3) is 0 Å². The molecule has 59 heavy (non-hydrogen) atoms. The van der Waals surface area contributed by atoms with Crippen LogP contribution in [0.15, 0.2) is 164 Å². The first-order chi connectivity index (χ1) is 28.7. The normalized spacial score (nSPS) is 12.2. The lowest BCUT2D eigenvalue weighted by atomic mass is 9.98. The molecule has 0 aliphatic carbocycles. The maximum absolute atomic E-state index is 14.1. The molecule has 0 saturated heterocycles. The SMILES string of the molecule is Cc1ccnc(-n2c3ccc(C)cc3c3ccc(-c4cccc5c4nc(-c4cc(-c6ccccc6)cc6c4[nH]c4ccc(C(F)(F)F)cc46)n5-c4ccccc4)cc32)c1. The van der Waals surface area contributed by atoms with Crippen molar-refractivity contribution in [3.63, 3.8) is 0 Å². The summed E-state index contributed by atoms with van der Waals surface area (Å²) in [6.07, 6.45) is -2.63. The highest BCUT2D eigenvalue weighted by molar-refractivity contribution is 6.14. The number of aryl methyl sites for hydroxylation is 2. The Morgan fingerprint density at radius 2 is 1.32 bits per heavy atom. The average molecular weight is 774 g/mol. The van der Waals surface area contributed by atoms with E-state index in [1.54, 1.807) is 0 Å². The Bertz CT molecular complexity index is 3450. The van der Waals surface area contributed by atoms with Crippen molar-refractivity contribution in [3.8, 4) is 45.1 Å². The quantitative estimate of drug-likeness (QED) is 0.189. The van der Waals surface area contributed by atoms with Gasteiger partial charge in [0.15, 0.2) is 0 Å². The molecule has 0 saturated carbocycles. The number of nitrogens with zero attached hydrogens (tertiary/aromatic N) is 4. The van der Waals surface area contributed by atoms with E-state index in [-0.39, 0.29) is 0 Å². The molecule has 11 rings (SSSR count). The van der Waals surface area contributed by atoms with Crippen LogP contribution in [-0.4, -0.2) is 24.1 Å². The predicted octanol–water partition coefficient (Wildman–Crippen LogP) is 13.8. The van der Waals surface area contributed by atoms with E-state index in [4.69, 9.17) is 9.97 Å². The number of alkyl halides is 3. The smallest absolute Gasteiger partial charge is 0.354 e. The van der Waals surface area contributed by atoms with Gasteiger partial charge in [-0.15, -0.1) is 0 Å². The fraction of sp³-hybridized carbons (Fsp3) is 0.0588. The molecule has 0 atom stereocenters. The number of nitrogens with one attached hydrogen (secondary N) is 1. The molecule has 0 fully saturated rings. The van der Waals surface area contributed by atoms with Crippen LogP contribution in [0.5, 0.6) is 0 Å². The summed E-state index contributed by atoms with van der Waals surface area (Å²) in [5, 5.41) is 3.48. The topological polar surface area (TPSA) is 51.4 Å². The number of H-pyrrole nitrogens is 1. The minimum Gasteiger partial charge on any atom is -0.354 e. The van der Waals surface area contributed by atoms with E-state index in [2.05, 4.69) is 107 Å². The van der Waals surface area contributed by atoms with Gasteiger partial charge in [0.05, 0.1) is 33.1 Å².